The lowest BCUT2D eigenvalue weighted by molar-refractivity contribution is -0.384. The van der Waals surface area contributed by atoms with Gasteiger partial charge in [0.15, 0.2) is 0 Å². The summed E-state index contributed by atoms with van der Waals surface area (Å²) in [6.45, 7) is 1.60. The fourth-order valence-corrected chi connectivity index (χ4v) is 5.20. The summed E-state index contributed by atoms with van der Waals surface area (Å²) in [5, 5.41) is 14.1. The molecule has 1 aliphatic heterocycles. The van der Waals surface area contributed by atoms with Crippen LogP contribution in [0.3, 0.4) is 0 Å². The summed E-state index contributed by atoms with van der Waals surface area (Å²) in [6.07, 6.45) is 0.748. The molecule has 0 fully saturated rings. The Morgan fingerprint density at radius 1 is 1.34 bits per heavy atom. The summed E-state index contributed by atoms with van der Waals surface area (Å²) in [5.74, 6) is 0.135. The van der Waals surface area contributed by atoms with Crippen molar-refractivity contribution in [3.8, 4) is 0 Å². The van der Waals surface area contributed by atoms with Gasteiger partial charge in [0.1, 0.15) is 5.00 Å². The summed E-state index contributed by atoms with van der Waals surface area (Å²) in [4.78, 5) is 38.2. The zero-order chi connectivity index (χ0) is 21.0. The minimum absolute atomic E-state index is 0.0409. The van der Waals surface area contributed by atoms with Crippen molar-refractivity contribution in [2.45, 2.75) is 18.7 Å². The van der Waals surface area contributed by atoms with Crippen molar-refractivity contribution < 1.29 is 19.2 Å². The number of carbonyl (C=O) groups excluding carboxylic acids is 2. The minimum Gasteiger partial charge on any atom is -0.465 e. The maximum absolute atomic E-state index is 12.4. The number of esters is 1. The number of hydrogen-bond donors (Lipinski definition) is 1. The van der Waals surface area contributed by atoms with Crippen molar-refractivity contribution in [2.24, 2.45) is 0 Å². The molecular formula is C19H21N3O5S2. The summed E-state index contributed by atoms with van der Waals surface area (Å²) in [7, 11) is 3.36. The molecule has 2 aromatic rings. The fraction of sp³-hybridized carbons (Fsp3) is 0.368. The second kappa shape index (κ2) is 9.38. The number of nitrogens with one attached hydrogen (secondary N) is 1. The zero-order valence-electron chi connectivity index (χ0n) is 16.1. The third-order valence-corrected chi connectivity index (χ3v) is 6.68. The zero-order valence-corrected chi connectivity index (χ0v) is 17.7. The number of benzene rings is 1. The number of anilines is 1. The van der Waals surface area contributed by atoms with Crippen LogP contribution >= 0.6 is 23.1 Å². The molecule has 0 aliphatic carbocycles. The van der Waals surface area contributed by atoms with Crippen molar-refractivity contribution >= 4 is 45.7 Å². The molecule has 0 bridgehead atoms. The van der Waals surface area contributed by atoms with Gasteiger partial charge >= 0.3 is 5.97 Å². The lowest BCUT2D eigenvalue weighted by atomic mass is 10.0. The van der Waals surface area contributed by atoms with E-state index in [0.29, 0.717) is 16.3 Å². The number of likely N-dealkylation sites (N-methyl/N-ethyl adjacent to an activating group) is 1. The smallest absolute Gasteiger partial charge is 0.341 e. The van der Waals surface area contributed by atoms with Gasteiger partial charge in [-0.3, -0.25) is 14.9 Å². The molecule has 154 valence electrons. The number of nitrogens with zero attached hydrogens (tertiary/aromatic N) is 2. The number of ether oxygens (including phenoxy) is 1. The van der Waals surface area contributed by atoms with E-state index in [1.165, 1.54) is 42.3 Å². The number of amides is 1. The van der Waals surface area contributed by atoms with Crippen LogP contribution in [0.4, 0.5) is 10.7 Å². The maximum atomic E-state index is 12.4. The molecule has 29 heavy (non-hydrogen) atoms. The van der Waals surface area contributed by atoms with Crippen LogP contribution in [0.1, 0.15) is 26.4 Å². The van der Waals surface area contributed by atoms with Gasteiger partial charge in [0, 0.05) is 35.9 Å². The van der Waals surface area contributed by atoms with Gasteiger partial charge in [0.2, 0.25) is 5.91 Å². The van der Waals surface area contributed by atoms with Crippen LogP contribution in [-0.4, -0.2) is 48.2 Å². The first-order valence-electron chi connectivity index (χ1n) is 8.91. The highest BCUT2D eigenvalue weighted by molar-refractivity contribution is 7.99. The monoisotopic (exact) mass is 435 g/mol. The third-order valence-electron chi connectivity index (χ3n) is 4.54. The van der Waals surface area contributed by atoms with Crippen LogP contribution in [-0.2, 0) is 28.2 Å². The Balaban J connectivity index is 1.61. The van der Waals surface area contributed by atoms with Crippen LogP contribution in [0.15, 0.2) is 24.3 Å². The summed E-state index contributed by atoms with van der Waals surface area (Å²) >= 11 is 2.83. The Morgan fingerprint density at radius 3 is 2.72 bits per heavy atom. The number of hydrogen-bond acceptors (Lipinski definition) is 8. The van der Waals surface area contributed by atoms with Crippen molar-refractivity contribution in [2.75, 3.05) is 31.8 Å². The summed E-state index contributed by atoms with van der Waals surface area (Å²) < 4.78 is 4.92. The number of rotatable bonds is 7. The van der Waals surface area contributed by atoms with E-state index in [2.05, 4.69) is 10.2 Å². The summed E-state index contributed by atoms with van der Waals surface area (Å²) in [5.41, 5.74) is 2.38. The second-order valence-electron chi connectivity index (χ2n) is 6.65. The van der Waals surface area contributed by atoms with Crippen molar-refractivity contribution in [1.29, 1.82) is 0 Å². The van der Waals surface area contributed by atoms with E-state index in [-0.39, 0.29) is 17.3 Å². The average Bonchev–Trinajstić information content (AvgIpc) is 3.04. The normalized spacial score (nSPS) is 13.6. The molecule has 1 aromatic heterocycles. The Morgan fingerprint density at radius 2 is 2.07 bits per heavy atom. The largest absolute Gasteiger partial charge is 0.465 e. The standard InChI is InChI=1S/C19H21N3O5S2/c1-21-8-7-14-15(9-21)29-18(17(14)19(24)27-2)20-16(23)11-28-10-12-3-5-13(6-4-12)22(25)26/h3-6H,7-11H2,1-2H3,(H,20,23). The maximum Gasteiger partial charge on any atom is 0.341 e. The summed E-state index contributed by atoms with van der Waals surface area (Å²) in [6, 6.07) is 6.27. The number of nitro groups is 1. The van der Waals surface area contributed by atoms with Gasteiger partial charge < -0.3 is 15.0 Å². The van der Waals surface area contributed by atoms with E-state index in [9.17, 15) is 19.7 Å². The molecule has 0 atom stereocenters. The molecule has 0 saturated heterocycles. The molecule has 0 saturated carbocycles. The number of carbonyl (C=O) groups is 2. The van der Waals surface area contributed by atoms with Gasteiger partial charge in [-0.05, 0) is 24.6 Å². The van der Waals surface area contributed by atoms with E-state index >= 15 is 0 Å². The average molecular weight is 436 g/mol. The molecule has 1 aromatic carbocycles. The van der Waals surface area contributed by atoms with Crippen LogP contribution in [0.5, 0.6) is 0 Å². The molecule has 1 amide bonds. The van der Waals surface area contributed by atoms with E-state index in [4.69, 9.17) is 4.74 Å². The van der Waals surface area contributed by atoms with Gasteiger partial charge in [-0.1, -0.05) is 12.1 Å². The number of non-ortho nitro benzene ring substituents is 1. The lowest BCUT2D eigenvalue weighted by Crippen LogP contribution is -2.26. The van der Waals surface area contributed by atoms with Crippen LogP contribution in [0, 0.1) is 10.1 Å². The van der Waals surface area contributed by atoms with Crippen LogP contribution in [0.2, 0.25) is 0 Å². The predicted octanol–water partition coefficient (Wildman–Crippen LogP) is 3.30. The SMILES string of the molecule is COC(=O)c1c(NC(=O)CSCc2ccc([N+](=O)[O-])cc2)sc2c1CCN(C)C2. The molecule has 1 N–H and O–H groups in total. The Kier molecular flexibility index (Phi) is 6.88. The van der Waals surface area contributed by atoms with Gasteiger partial charge in [-0.15, -0.1) is 23.1 Å². The van der Waals surface area contributed by atoms with Gasteiger partial charge in [0.05, 0.1) is 23.3 Å². The number of thiophene rings is 1. The molecule has 8 nitrogen and oxygen atoms in total. The third kappa shape index (κ3) is 5.14. The molecule has 0 radical (unpaired) electrons. The minimum atomic E-state index is -0.443. The van der Waals surface area contributed by atoms with E-state index in [1.807, 2.05) is 7.05 Å². The first-order chi connectivity index (χ1) is 13.9. The molecule has 0 unspecified atom stereocenters. The van der Waals surface area contributed by atoms with Crippen LogP contribution < -0.4 is 5.32 Å². The number of nitro benzene ring substituents is 1. The molecular weight excluding hydrogens is 414 g/mol. The highest BCUT2D eigenvalue weighted by Crippen LogP contribution is 2.37. The van der Waals surface area contributed by atoms with Crippen LogP contribution in [0.25, 0.3) is 0 Å². The number of thioether (sulfide) groups is 1. The molecule has 1 aliphatic rings. The highest BCUT2D eigenvalue weighted by atomic mass is 32.2. The van der Waals surface area contributed by atoms with Crippen molar-refractivity contribution in [1.82, 2.24) is 4.90 Å². The van der Waals surface area contributed by atoms with E-state index in [0.717, 1.165) is 35.5 Å². The highest BCUT2D eigenvalue weighted by Gasteiger charge is 2.28. The van der Waals surface area contributed by atoms with Gasteiger partial charge in [0.25, 0.3) is 5.69 Å². The molecule has 3 rings (SSSR count). The predicted molar refractivity (Wildman–Crippen MR) is 114 cm³/mol. The molecule has 10 heteroatoms. The first-order valence-corrected chi connectivity index (χ1v) is 10.9. The van der Waals surface area contributed by atoms with Gasteiger partial charge in [-0.25, -0.2) is 4.79 Å². The fourth-order valence-electron chi connectivity index (χ4n) is 3.08. The quantitative estimate of drug-likeness (QED) is 0.404. The molecule has 2 heterocycles. The van der Waals surface area contributed by atoms with E-state index < -0.39 is 10.9 Å². The number of fused-ring (bicyclic) bond motifs is 1. The van der Waals surface area contributed by atoms with Gasteiger partial charge in [-0.2, -0.15) is 0 Å². The Bertz CT molecular complexity index is 927. The molecule has 0 spiro atoms. The first kappa shape index (κ1) is 21.3. The Hall–Kier alpha value is -2.43. The Labute approximate surface area is 176 Å². The van der Waals surface area contributed by atoms with E-state index in [1.54, 1.807) is 12.1 Å². The van der Waals surface area contributed by atoms with Crippen molar-refractivity contribution in [3.63, 3.8) is 0 Å². The lowest BCUT2D eigenvalue weighted by Gasteiger charge is -2.22. The second-order valence-corrected chi connectivity index (χ2v) is 8.74. The number of methoxy groups -OCH3 is 1. The van der Waals surface area contributed by atoms with Crippen molar-refractivity contribution in [3.05, 3.63) is 55.9 Å². The topological polar surface area (TPSA) is 102 Å².